The maximum Gasteiger partial charge on any atom is 0.191 e. The van der Waals surface area contributed by atoms with Crippen LogP contribution in [-0.4, -0.2) is 60.4 Å². The van der Waals surface area contributed by atoms with Crippen molar-refractivity contribution in [2.24, 2.45) is 4.99 Å². The molecular weight excluding hydrogens is 264 g/mol. The quantitative estimate of drug-likeness (QED) is 0.408. The summed E-state index contributed by atoms with van der Waals surface area (Å²) >= 11 is 0. The molecule has 1 heterocycles. The van der Waals surface area contributed by atoms with E-state index in [-0.39, 0.29) is 0 Å². The molecule has 0 aliphatic rings. The van der Waals surface area contributed by atoms with Crippen LogP contribution in [0, 0.1) is 0 Å². The van der Waals surface area contributed by atoms with Gasteiger partial charge in [-0.1, -0.05) is 6.92 Å². The number of aliphatic imine (C=N–C) groups is 1. The molecule has 0 aromatic carbocycles. The Balaban J connectivity index is 2.11. The Kier molecular flexibility index (Phi) is 8.50. The summed E-state index contributed by atoms with van der Waals surface area (Å²) in [5.74, 6) is 0.869. The van der Waals surface area contributed by atoms with Gasteiger partial charge in [0, 0.05) is 51.7 Å². The molecule has 0 amide bonds. The van der Waals surface area contributed by atoms with Crippen LogP contribution in [0.25, 0.3) is 0 Å². The monoisotopic (exact) mass is 294 g/mol. The van der Waals surface area contributed by atoms with Gasteiger partial charge in [-0.15, -0.1) is 0 Å². The van der Waals surface area contributed by atoms with E-state index in [0.717, 1.165) is 38.6 Å². The van der Waals surface area contributed by atoms with Gasteiger partial charge in [0.1, 0.15) is 0 Å². The standard InChI is InChI=1S/C15H30N6/c1-5-14(2)20(4)13-10-18-15(16-3)17-8-6-11-21-12-7-9-19-21/h7,9,12,14H,5-6,8,10-11,13H2,1-4H3,(H2,16,17,18). The largest absolute Gasteiger partial charge is 0.356 e. The second-order valence-electron chi connectivity index (χ2n) is 5.29. The van der Waals surface area contributed by atoms with Gasteiger partial charge in [-0.05, 0) is 32.9 Å². The van der Waals surface area contributed by atoms with Gasteiger partial charge in [0.15, 0.2) is 5.96 Å². The van der Waals surface area contributed by atoms with Gasteiger partial charge in [-0.25, -0.2) is 0 Å². The van der Waals surface area contributed by atoms with E-state index in [9.17, 15) is 0 Å². The number of aryl methyl sites for hydroxylation is 1. The maximum absolute atomic E-state index is 4.24. The van der Waals surface area contributed by atoms with E-state index in [0.29, 0.717) is 6.04 Å². The van der Waals surface area contributed by atoms with Crippen LogP contribution in [0.4, 0.5) is 0 Å². The highest BCUT2D eigenvalue weighted by atomic mass is 15.3. The Bertz CT molecular complexity index is 387. The Labute approximate surface area is 128 Å². The molecule has 0 fully saturated rings. The van der Waals surface area contributed by atoms with Gasteiger partial charge in [-0.3, -0.25) is 9.67 Å². The smallest absolute Gasteiger partial charge is 0.191 e. The predicted molar refractivity (Wildman–Crippen MR) is 88.6 cm³/mol. The average molecular weight is 294 g/mol. The lowest BCUT2D eigenvalue weighted by Crippen LogP contribution is -2.42. The average Bonchev–Trinajstić information content (AvgIpc) is 3.01. The molecule has 120 valence electrons. The highest BCUT2D eigenvalue weighted by Crippen LogP contribution is 1.98. The van der Waals surface area contributed by atoms with E-state index in [1.165, 1.54) is 6.42 Å². The lowest BCUT2D eigenvalue weighted by atomic mass is 10.2. The molecule has 0 spiro atoms. The van der Waals surface area contributed by atoms with E-state index >= 15 is 0 Å². The summed E-state index contributed by atoms with van der Waals surface area (Å²) in [4.78, 5) is 6.60. The molecule has 0 radical (unpaired) electrons. The number of hydrogen-bond donors (Lipinski definition) is 2. The maximum atomic E-state index is 4.24. The molecule has 6 nitrogen and oxygen atoms in total. The topological polar surface area (TPSA) is 57.5 Å². The zero-order chi connectivity index (χ0) is 15.5. The van der Waals surface area contributed by atoms with Crippen molar-refractivity contribution in [3.63, 3.8) is 0 Å². The van der Waals surface area contributed by atoms with Gasteiger partial charge in [0.25, 0.3) is 0 Å². The van der Waals surface area contributed by atoms with Crippen LogP contribution in [0.1, 0.15) is 26.7 Å². The van der Waals surface area contributed by atoms with Crippen molar-refractivity contribution in [3.8, 4) is 0 Å². The van der Waals surface area contributed by atoms with Crippen molar-refractivity contribution in [1.82, 2.24) is 25.3 Å². The second kappa shape index (κ2) is 10.2. The summed E-state index contributed by atoms with van der Waals surface area (Å²) < 4.78 is 1.94. The third-order valence-corrected chi connectivity index (χ3v) is 3.74. The first-order valence-corrected chi connectivity index (χ1v) is 7.79. The van der Waals surface area contributed by atoms with E-state index in [1.807, 2.05) is 23.1 Å². The van der Waals surface area contributed by atoms with Gasteiger partial charge >= 0.3 is 0 Å². The third kappa shape index (κ3) is 7.13. The molecule has 6 heteroatoms. The van der Waals surface area contributed by atoms with Crippen LogP contribution >= 0.6 is 0 Å². The summed E-state index contributed by atoms with van der Waals surface area (Å²) in [6.45, 7) is 8.20. The number of nitrogens with zero attached hydrogens (tertiary/aromatic N) is 4. The number of aromatic nitrogens is 2. The van der Waals surface area contributed by atoms with Crippen LogP contribution in [0.15, 0.2) is 23.5 Å². The minimum atomic E-state index is 0.621. The van der Waals surface area contributed by atoms with Crippen molar-refractivity contribution in [1.29, 1.82) is 0 Å². The van der Waals surface area contributed by atoms with Gasteiger partial charge in [-0.2, -0.15) is 5.10 Å². The minimum absolute atomic E-state index is 0.621. The van der Waals surface area contributed by atoms with Gasteiger partial charge in [0.2, 0.25) is 0 Å². The lowest BCUT2D eigenvalue weighted by Gasteiger charge is -2.24. The molecule has 21 heavy (non-hydrogen) atoms. The van der Waals surface area contributed by atoms with Crippen LogP contribution in [0.5, 0.6) is 0 Å². The summed E-state index contributed by atoms with van der Waals surface area (Å²) in [6.07, 6.45) is 5.99. The number of hydrogen-bond acceptors (Lipinski definition) is 3. The van der Waals surface area contributed by atoms with Crippen molar-refractivity contribution in [2.75, 3.05) is 33.7 Å². The van der Waals surface area contributed by atoms with E-state index in [1.54, 1.807) is 7.05 Å². The molecule has 0 aliphatic heterocycles. The SMILES string of the molecule is CCC(C)N(C)CCNC(=NC)NCCCn1cccn1. The summed E-state index contributed by atoms with van der Waals surface area (Å²) in [7, 11) is 3.97. The van der Waals surface area contributed by atoms with Crippen LogP contribution in [0.3, 0.4) is 0 Å². The van der Waals surface area contributed by atoms with Crippen LogP contribution in [0.2, 0.25) is 0 Å². The van der Waals surface area contributed by atoms with Gasteiger partial charge in [0.05, 0.1) is 0 Å². The summed E-state index contributed by atoms with van der Waals surface area (Å²) in [5, 5.41) is 10.9. The fourth-order valence-electron chi connectivity index (χ4n) is 1.98. The summed E-state index contributed by atoms with van der Waals surface area (Å²) in [6, 6.07) is 2.57. The number of guanidine groups is 1. The molecular formula is C15H30N6. The highest BCUT2D eigenvalue weighted by molar-refractivity contribution is 5.79. The Morgan fingerprint density at radius 2 is 2.14 bits per heavy atom. The normalized spacial score (nSPS) is 13.5. The first-order chi connectivity index (χ1) is 10.2. The van der Waals surface area contributed by atoms with E-state index < -0.39 is 0 Å². The highest BCUT2D eigenvalue weighted by Gasteiger charge is 2.06. The number of nitrogens with one attached hydrogen (secondary N) is 2. The molecule has 0 saturated heterocycles. The number of likely N-dealkylation sites (N-methyl/N-ethyl adjacent to an activating group) is 1. The molecule has 1 aromatic rings. The van der Waals surface area contributed by atoms with Crippen molar-refractivity contribution >= 4 is 5.96 Å². The Hall–Kier alpha value is -1.56. The zero-order valence-corrected chi connectivity index (χ0v) is 13.8. The van der Waals surface area contributed by atoms with Crippen LogP contribution < -0.4 is 10.6 Å². The summed E-state index contributed by atoms with van der Waals surface area (Å²) in [5.41, 5.74) is 0. The Morgan fingerprint density at radius 1 is 1.38 bits per heavy atom. The second-order valence-corrected chi connectivity index (χ2v) is 5.29. The van der Waals surface area contributed by atoms with Crippen molar-refractivity contribution in [3.05, 3.63) is 18.5 Å². The van der Waals surface area contributed by atoms with E-state index in [4.69, 9.17) is 0 Å². The first kappa shape index (κ1) is 17.5. The number of rotatable bonds is 9. The van der Waals surface area contributed by atoms with Gasteiger partial charge < -0.3 is 15.5 Å². The lowest BCUT2D eigenvalue weighted by molar-refractivity contribution is 0.255. The molecule has 1 unspecified atom stereocenters. The fourth-order valence-corrected chi connectivity index (χ4v) is 1.98. The Morgan fingerprint density at radius 3 is 2.76 bits per heavy atom. The van der Waals surface area contributed by atoms with Crippen LogP contribution in [-0.2, 0) is 6.54 Å². The van der Waals surface area contributed by atoms with E-state index in [2.05, 4.69) is 46.5 Å². The molecule has 0 aliphatic carbocycles. The molecule has 1 aromatic heterocycles. The predicted octanol–water partition coefficient (Wildman–Crippen LogP) is 1.17. The van der Waals surface area contributed by atoms with Crippen molar-refractivity contribution < 1.29 is 0 Å². The first-order valence-electron chi connectivity index (χ1n) is 7.79. The molecule has 1 rings (SSSR count). The molecule has 0 bridgehead atoms. The fraction of sp³-hybridized carbons (Fsp3) is 0.733. The molecule has 1 atom stereocenters. The minimum Gasteiger partial charge on any atom is -0.356 e. The van der Waals surface area contributed by atoms with Crippen molar-refractivity contribution in [2.45, 2.75) is 39.3 Å². The molecule has 0 saturated carbocycles. The molecule has 2 N–H and O–H groups in total. The third-order valence-electron chi connectivity index (χ3n) is 3.74. The zero-order valence-electron chi connectivity index (χ0n) is 13.8.